The molecular weight excluding hydrogens is 354 g/mol. The van der Waals surface area contributed by atoms with Crippen LogP contribution in [0, 0.1) is 0 Å². The summed E-state index contributed by atoms with van der Waals surface area (Å²) in [6, 6.07) is 9.71. The number of nitrogens with zero attached hydrogens (tertiary/aromatic N) is 3. The molecule has 0 N–H and O–H groups in total. The second-order valence-electron chi connectivity index (χ2n) is 5.91. The van der Waals surface area contributed by atoms with Crippen LogP contribution in [0.2, 0.25) is 0 Å². The topological polar surface area (TPSA) is 59.2 Å². The van der Waals surface area contributed by atoms with E-state index in [1.54, 1.807) is 23.1 Å². The molecule has 7 heteroatoms. The van der Waals surface area contributed by atoms with E-state index in [0.29, 0.717) is 24.8 Å². The molecule has 25 heavy (non-hydrogen) atoms. The van der Waals surface area contributed by atoms with Crippen LogP contribution < -0.4 is 0 Å². The van der Waals surface area contributed by atoms with E-state index < -0.39 is 0 Å². The number of aromatic nitrogens is 2. The first-order valence-corrected chi connectivity index (χ1v) is 10.2. The lowest BCUT2D eigenvalue weighted by molar-refractivity contribution is 0.0787. The number of carbonyl (C=O) groups is 1. The molecule has 0 aliphatic carbocycles. The minimum Gasteiger partial charge on any atom is -0.338 e. The second-order valence-corrected chi connectivity index (χ2v) is 7.53. The van der Waals surface area contributed by atoms with Crippen LogP contribution in [0.3, 0.4) is 0 Å². The summed E-state index contributed by atoms with van der Waals surface area (Å²) in [4.78, 5) is 20.3. The fraction of sp³-hybridized carbons (Fsp3) is 0.278. The van der Waals surface area contributed by atoms with Crippen molar-refractivity contribution in [3.63, 3.8) is 0 Å². The number of likely N-dealkylation sites (tertiary alicyclic amines) is 1. The number of hydrogen-bond donors (Lipinski definition) is 0. The van der Waals surface area contributed by atoms with Crippen LogP contribution in [0.25, 0.3) is 11.5 Å². The highest BCUT2D eigenvalue weighted by molar-refractivity contribution is 7.98. The summed E-state index contributed by atoms with van der Waals surface area (Å²) in [5, 5.41) is 8.10. The fourth-order valence-electron chi connectivity index (χ4n) is 3.05. The van der Waals surface area contributed by atoms with Crippen molar-refractivity contribution in [3.8, 4) is 11.5 Å². The van der Waals surface area contributed by atoms with Gasteiger partial charge in [0.15, 0.2) is 5.82 Å². The summed E-state index contributed by atoms with van der Waals surface area (Å²) < 4.78 is 5.38. The first kappa shape index (κ1) is 16.4. The standard InChI is InChI=1S/C18H17N3O2S2/c1-24-15-5-3-2-4-14(15)18(22)21-8-6-12(10-21)16-19-17(23-20-16)13-7-9-25-11-13/h2-5,7,9,11-12H,6,8,10H2,1H3/t12-/m0/s1. The number of carbonyl (C=O) groups excluding carboxylic acids is 1. The number of benzene rings is 1. The molecule has 3 heterocycles. The van der Waals surface area contributed by atoms with Crippen molar-refractivity contribution in [2.24, 2.45) is 0 Å². The molecule has 1 saturated heterocycles. The van der Waals surface area contributed by atoms with Gasteiger partial charge in [0.2, 0.25) is 0 Å². The van der Waals surface area contributed by atoms with Crippen molar-refractivity contribution in [3.05, 3.63) is 52.5 Å². The zero-order chi connectivity index (χ0) is 17.2. The molecule has 1 aliphatic heterocycles. The number of thiophene rings is 1. The zero-order valence-corrected chi connectivity index (χ0v) is 15.3. The summed E-state index contributed by atoms with van der Waals surface area (Å²) in [5.41, 5.74) is 1.71. The highest BCUT2D eigenvalue weighted by Gasteiger charge is 2.31. The molecule has 1 amide bonds. The Kier molecular flexibility index (Phi) is 4.59. The van der Waals surface area contributed by atoms with Crippen molar-refractivity contribution >= 4 is 29.0 Å². The third-order valence-corrected chi connectivity index (χ3v) is 5.87. The molecule has 0 bridgehead atoms. The van der Waals surface area contributed by atoms with E-state index in [9.17, 15) is 4.79 Å². The summed E-state index contributed by atoms with van der Waals surface area (Å²) in [6.07, 6.45) is 2.85. The Morgan fingerprint density at radius 3 is 3.04 bits per heavy atom. The summed E-state index contributed by atoms with van der Waals surface area (Å²) in [5.74, 6) is 1.44. The van der Waals surface area contributed by atoms with Crippen molar-refractivity contribution in [2.75, 3.05) is 19.3 Å². The van der Waals surface area contributed by atoms with Crippen LogP contribution in [0.1, 0.15) is 28.5 Å². The maximum absolute atomic E-state index is 12.8. The van der Waals surface area contributed by atoms with E-state index in [1.807, 2.05) is 52.2 Å². The molecule has 3 aromatic rings. The summed E-state index contributed by atoms with van der Waals surface area (Å²) >= 11 is 3.19. The first-order valence-electron chi connectivity index (χ1n) is 8.04. The highest BCUT2D eigenvalue weighted by atomic mass is 32.2. The van der Waals surface area contributed by atoms with Gasteiger partial charge in [-0.3, -0.25) is 4.79 Å². The molecule has 0 saturated carbocycles. The van der Waals surface area contributed by atoms with Crippen LogP contribution in [-0.4, -0.2) is 40.3 Å². The van der Waals surface area contributed by atoms with Crippen molar-refractivity contribution in [1.82, 2.24) is 15.0 Å². The van der Waals surface area contributed by atoms with Gasteiger partial charge in [0, 0.05) is 29.3 Å². The molecule has 4 rings (SSSR count). The van der Waals surface area contributed by atoms with E-state index in [-0.39, 0.29) is 11.8 Å². The van der Waals surface area contributed by atoms with Gasteiger partial charge in [0.1, 0.15) is 0 Å². The van der Waals surface area contributed by atoms with E-state index >= 15 is 0 Å². The van der Waals surface area contributed by atoms with E-state index in [4.69, 9.17) is 4.52 Å². The average Bonchev–Trinajstić information content (AvgIpc) is 3.41. The lowest BCUT2D eigenvalue weighted by atomic mass is 10.1. The van der Waals surface area contributed by atoms with E-state index in [0.717, 1.165) is 22.4 Å². The van der Waals surface area contributed by atoms with Gasteiger partial charge in [0.25, 0.3) is 11.8 Å². The molecule has 1 atom stereocenters. The predicted octanol–water partition coefficient (Wildman–Crippen LogP) is 4.15. The van der Waals surface area contributed by atoms with Gasteiger partial charge >= 0.3 is 0 Å². The van der Waals surface area contributed by atoms with Gasteiger partial charge in [-0.15, -0.1) is 11.8 Å². The monoisotopic (exact) mass is 371 g/mol. The molecule has 0 unspecified atom stereocenters. The quantitative estimate of drug-likeness (QED) is 0.645. The lowest BCUT2D eigenvalue weighted by Crippen LogP contribution is -2.29. The third kappa shape index (κ3) is 3.21. The van der Waals surface area contributed by atoms with Crippen molar-refractivity contribution < 1.29 is 9.32 Å². The third-order valence-electron chi connectivity index (χ3n) is 4.39. The van der Waals surface area contributed by atoms with Gasteiger partial charge in [0.05, 0.1) is 11.1 Å². The number of hydrogen-bond acceptors (Lipinski definition) is 6. The van der Waals surface area contributed by atoms with E-state index in [1.165, 1.54) is 0 Å². The van der Waals surface area contributed by atoms with Crippen LogP contribution in [0.5, 0.6) is 0 Å². The highest BCUT2D eigenvalue weighted by Crippen LogP contribution is 2.30. The Balaban J connectivity index is 1.49. The molecule has 2 aromatic heterocycles. The Morgan fingerprint density at radius 2 is 2.24 bits per heavy atom. The number of thioether (sulfide) groups is 1. The second kappa shape index (κ2) is 7.01. The van der Waals surface area contributed by atoms with E-state index in [2.05, 4.69) is 10.1 Å². The van der Waals surface area contributed by atoms with Gasteiger partial charge in [-0.05, 0) is 36.3 Å². The largest absolute Gasteiger partial charge is 0.338 e. The summed E-state index contributed by atoms with van der Waals surface area (Å²) in [6.45, 7) is 1.35. The fourth-order valence-corrected chi connectivity index (χ4v) is 4.27. The maximum atomic E-state index is 12.8. The number of amides is 1. The molecule has 5 nitrogen and oxygen atoms in total. The molecule has 0 radical (unpaired) electrons. The first-order chi connectivity index (χ1) is 12.3. The normalized spacial score (nSPS) is 17.2. The molecule has 1 fully saturated rings. The minimum absolute atomic E-state index is 0.0778. The molecule has 0 spiro atoms. The molecule has 1 aliphatic rings. The van der Waals surface area contributed by atoms with Gasteiger partial charge < -0.3 is 9.42 Å². The zero-order valence-electron chi connectivity index (χ0n) is 13.7. The van der Waals surface area contributed by atoms with Gasteiger partial charge in [-0.25, -0.2) is 0 Å². The summed E-state index contributed by atoms with van der Waals surface area (Å²) in [7, 11) is 0. The van der Waals surface area contributed by atoms with Crippen LogP contribution >= 0.6 is 23.1 Å². The average molecular weight is 371 g/mol. The lowest BCUT2D eigenvalue weighted by Gasteiger charge is -2.17. The Morgan fingerprint density at radius 1 is 1.36 bits per heavy atom. The van der Waals surface area contributed by atoms with Crippen LogP contribution in [0.4, 0.5) is 0 Å². The SMILES string of the molecule is CSc1ccccc1C(=O)N1CC[C@H](c2noc(-c3ccsc3)n2)C1. The minimum atomic E-state index is 0.0778. The number of rotatable bonds is 4. The predicted molar refractivity (Wildman–Crippen MR) is 99.1 cm³/mol. The smallest absolute Gasteiger partial charge is 0.258 e. The van der Waals surface area contributed by atoms with Crippen LogP contribution in [-0.2, 0) is 0 Å². The van der Waals surface area contributed by atoms with Gasteiger partial charge in [-0.1, -0.05) is 17.3 Å². The Bertz CT molecular complexity index is 876. The molecule has 128 valence electrons. The Hall–Kier alpha value is -2.12. The molecule has 1 aromatic carbocycles. The van der Waals surface area contributed by atoms with Crippen molar-refractivity contribution in [1.29, 1.82) is 0 Å². The van der Waals surface area contributed by atoms with Crippen molar-refractivity contribution in [2.45, 2.75) is 17.2 Å². The molecular formula is C18H17N3O2S2. The van der Waals surface area contributed by atoms with Gasteiger partial charge in [-0.2, -0.15) is 16.3 Å². The van der Waals surface area contributed by atoms with Crippen LogP contribution in [0.15, 0.2) is 50.5 Å². The Labute approximate surface area is 154 Å². The maximum Gasteiger partial charge on any atom is 0.258 e.